The number of aliphatic imine (C=N–C) groups is 1. The highest BCUT2D eigenvalue weighted by Crippen LogP contribution is 2.16. The second-order valence-electron chi connectivity index (χ2n) is 6.73. The average molecular weight is 416 g/mol. The molecule has 1 amide bonds. The van der Waals surface area contributed by atoms with Gasteiger partial charge in [0.2, 0.25) is 0 Å². The van der Waals surface area contributed by atoms with Crippen LogP contribution in [0.4, 0.5) is 18.0 Å². The van der Waals surface area contributed by atoms with Crippen molar-refractivity contribution in [1.29, 1.82) is 0 Å². The molecule has 162 valence electrons. The van der Waals surface area contributed by atoms with E-state index in [0.717, 1.165) is 18.4 Å². The lowest BCUT2D eigenvalue weighted by Gasteiger charge is -2.32. The predicted molar refractivity (Wildman–Crippen MR) is 102 cm³/mol. The van der Waals surface area contributed by atoms with Crippen molar-refractivity contribution in [3.8, 4) is 0 Å². The van der Waals surface area contributed by atoms with Crippen molar-refractivity contribution >= 4 is 12.1 Å². The lowest BCUT2D eigenvalue weighted by atomic mass is 10.1. The Balaban J connectivity index is 1.78. The van der Waals surface area contributed by atoms with Gasteiger partial charge in [-0.15, -0.1) is 0 Å². The summed E-state index contributed by atoms with van der Waals surface area (Å²) in [6, 6.07) is 7.36. The van der Waals surface area contributed by atoms with Crippen LogP contribution in [0.5, 0.6) is 0 Å². The molecular weight excluding hydrogens is 389 g/mol. The second-order valence-corrected chi connectivity index (χ2v) is 6.73. The molecule has 1 aromatic rings. The Kier molecular flexibility index (Phi) is 8.56. The van der Waals surface area contributed by atoms with Crippen molar-refractivity contribution in [2.24, 2.45) is 4.99 Å². The normalized spacial score (nSPS) is 15.9. The summed E-state index contributed by atoms with van der Waals surface area (Å²) >= 11 is 0. The lowest BCUT2D eigenvalue weighted by molar-refractivity contribution is -0.176. The van der Waals surface area contributed by atoms with Gasteiger partial charge in [0, 0.05) is 32.7 Å². The SMILES string of the molecule is CN=C(NCc1cccc(COCC(F)(F)F)c1)NC1CCN(C(=O)OC)CC1. The molecule has 1 fully saturated rings. The molecule has 1 aliphatic heterocycles. The summed E-state index contributed by atoms with van der Waals surface area (Å²) < 4.78 is 46.0. The molecule has 0 spiro atoms. The molecule has 0 aromatic heterocycles. The Bertz CT molecular complexity index is 690. The van der Waals surface area contributed by atoms with Crippen LogP contribution >= 0.6 is 0 Å². The lowest BCUT2D eigenvalue weighted by Crippen LogP contribution is -2.49. The number of halogens is 3. The minimum absolute atomic E-state index is 0.0981. The zero-order valence-corrected chi connectivity index (χ0v) is 16.6. The number of ether oxygens (including phenoxy) is 2. The van der Waals surface area contributed by atoms with Gasteiger partial charge >= 0.3 is 12.3 Å². The first-order chi connectivity index (χ1) is 13.8. The monoisotopic (exact) mass is 416 g/mol. The van der Waals surface area contributed by atoms with Crippen molar-refractivity contribution in [3.63, 3.8) is 0 Å². The fourth-order valence-corrected chi connectivity index (χ4v) is 3.02. The van der Waals surface area contributed by atoms with Crippen LogP contribution in [-0.4, -0.2) is 63.0 Å². The minimum Gasteiger partial charge on any atom is -0.453 e. The molecule has 0 bridgehead atoms. The number of nitrogens with zero attached hydrogens (tertiary/aromatic N) is 2. The molecule has 0 saturated carbocycles. The summed E-state index contributed by atoms with van der Waals surface area (Å²) in [7, 11) is 3.04. The van der Waals surface area contributed by atoms with E-state index in [2.05, 4.69) is 15.6 Å². The van der Waals surface area contributed by atoms with Gasteiger partial charge in [-0.2, -0.15) is 13.2 Å². The molecule has 2 rings (SSSR count). The summed E-state index contributed by atoms with van der Waals surface area (Å²) in [6.07, 6.45) is -3.08. The van der Waals surface area contributed by atoms with Gasteiger partial charge in [0.1, 0.15) is 6.61 Å². The first-order valence-electron chi connectivity index (χ1n) is 9.33. The van der Waals surface area contributed by atoms with Crippen molar-refractivity contribution < 1.29 is 27.4 Å². The Labute approximate surface area is 168 Å². The number of hydrogen-bond donors (Lipinski definition) is 2. The first-order valence-corrected chi connectivity index (χ1v) is 9.33. The third-order valence-electron chi connectivity index (χ3n) is 4.48. The molecule has 29 heavy (non-hydrogen) atoms. The minimum atomic E-state index is -4.33. The standard InChI is InChI=1S/C19H27F3N4O3/c1-23-17(25-16-6-8-26(9-7-16)18(27)28-2)24-11-14-4-3-5-15(10-14)12-29-13-19(20,21)22/h3-5,10,16H,6-9,11-13H2,1-2H3,(H2,23,24,25). The number of carbonyl (C=O) groups excluding carboxylic acids is 1. The zero-order valence-electron chi connectivity index (χ0n) is 16.6. The smallest absolute Gasteiger partial charge is 0.411 e. The van der Waals surface area contributed by atoms with Crippen LogP contribution in [0.25, 0.3) is 0 Å². The highest BCUT2D eigenvalue weighted by molar-refractivity contribution is 5.80. The summed E-state index contributed by atoms with van der Waals surface area (Å²) in [5.41, 5.74) is 1.58. The van der Waals surface area contributed by atoms with Gasteiger partial charge in [-0.1, -0.05) is 24.3 Å². The van der Waals surface area contributed by atoms with Crippen LogP contribution in [0.15, 0.2) is 29.3 Å². The molecule has 0 radical (unpaired) electrons. The Morgan fingerprint density at radius 3 is 2.59 bits per heavy atom. The van der Waals surface area contributed by atoms with Crippen LogP contribution in [-0.2, 0) is 22.6 Å². The fourth-order valence-electron chi connectivity index (χ4n) is 3.02. The van der Waals surface area contributed by atoms with Gasteiger partial charge in [0.05, 0.1) is 13.7 Å². The number of alkyl halides is 3. The molecule has 0 atom stereocenters. The van der Waals surface area contributed by atoms with Gasteiger partial charge < -0.3 is 25.0 Å². The number of nitrogens with one attached hydrogen (secondary N) is 2. The number of benzene rings is 1. The molecule has 1 heterocycles. The number of likely N-dealkylation sites (tertiary alicyclic amines) is 1. The molecule has 0 unspecified atom stereocenters. The van der Waals surface area contributed by atoms with E-state index in [9.17, 15) is 18.0 Å². The summed E-state index contributed by atoms with van der Waals surface area (Å²) in [4.78, 5) is 17.4. The van der Waals surface area contributed by atoms with Crippen LogP contribution < -0.4 is 10.6 Å². The van der Waals surface area contributed by atoms with E-state index in [1.165, 1.54) is 7.11 Å². The molecule has 1 aromatic carbocycles. The summed E-state index contributed by atoms with van der Waals surface area (Å²) in [5, 5.41) is 6.53. The van der Waals surface area contributed by atoms with Gasteiger partial charge in [-0.05, 0) is 24.0 Å². The number of rotatable bonds is 6. The quantitative estimate of drug-likeness (QED) is 0.551. The predicted octanol–water partition coefficient (Wildman–Crippen LogP) is 2.66. The largest absolute Gasteiger partial charge is 0.453 e. The van der Waals surface area contributed by atoms with Crippen LogP contribution in [0.3, 0.4) is 0 Å². The van der Waals surface area contributed by atoms with Gasteiger partial charge in [-0.25, -0.2) is 4.79 Å². The maximum atomic E-state index is 12.2. The molecule has 0 aliphatic carbocycles. The van der Waals surface area contributed by atoms with Crippen molar-refractivity contribution in [2.75, 3.05) is 33.9 Å². The van der Waals surface area contributed by atoms with E-state index in [1.54, 1.807) is 30.1 Å². The highest BCUT2D eigenvalue weighted by atomic mass is 19.4. The summed E-state index contributed by atoms with van der Waals surface area (Å²) in [5.74, 6) is 0.625. The number of methoxy groups -OCH3 is 1. The van der Waals surface area contributed by atoms with Crippen LogP contribution in [0.1, 0.15) is 24.0 Å². The van der Waals surface area contributed by atoms with E-state index in [1.807, 2.05) is 6.07 Å². The van der Waals surface area contributed by atoms with E-state index in [0.29, 0.717) is 31.2 Å². The van der Waals surface area contributed by atoms with Crippen LogP contribution in [0, 0.1) is 0 Å². The van der Waals surface area contributed by atoms with E-state index in [-0.39, 0.29) is 18.7 Å². The Morgan fingerprint density at radius 1 is 1.28 bits per heavy atom. The number of amides is 1. The molecule has 1 saturated heterocycles. The maximum Gasteiger partial charge on any atom is 0.411 e. The maximum absolute atomic E-state index is 12.2. The third-order valence-corrected chi connectivity index (χ3v) is 4.48. The average Bonchev–Trinajstić information content (AvgIpc) is 2.70. The van der Waals surface area contributed by atoms with Crippen molar-refractivity contribution in [3.05, 3.63) is 35.4 Å². The molecule has 2 N–H and O–H groups in total. The van der Waals surface area contributed by atoms with Gasteiger partial charge in [0.25, 0.3) is 0 Å². The summed E-state index contributed by atoms with van der Waals surface area (Å²) in [6.45, 7) is 0.330. The molecular formula is C19H27F3N4O3. The number of piperidine rings is 1. The third kappa shape index (κ3) is 8.18. The second kappa shape index (κ2) is 10.9. The topological polar surface area (TPSA) is 75.2 Å². The van der Waals surface area contributed by atoms with E-state index < -0.39 is 12.8 Å². The number of hydrogen-bond acceptors (Lipinski definition) is 4. The first kappa shape index (κ1) is 22.8. The Hall–Kier alpha value is -2.49. The number of guanidine groups is 1. The van der Waals surface area contributed by atoms with E-state index in [4.69, 9.17) is 9.47 Å². The van der Waals surface area contributed by atoms with Crippen molar-refractivity contribution in [2.45, 2.75) is 38.2 Å². The fraction of sp³-hybridized carbons (Fsp3) is 0.579. The van der Waals surface area contributed by atoms with Crippen molar-refractivity contribution in [1.82, 2.24) is 15.5 Å². The van der Waals surface area contributed by atoms with Gasteiger partial charge in [0.15, 0.2) is 5.96 Å². The Morgan fingerprint density at radius 2 is 1.97 bits per heavy atom. The molecule has 10 heteroatoms. The van der Waals surface area contributed by atoms with Gasteiger partial charge in [-0.3, -0.25) is 4.99 Å². The molecule has 7 nitrogen and oxygen atoms in total. The zero-order chi connectivity index (χ0) is 21.3. The van der Waals surface area contributed by atoms with E-state index >= 15 is 0 Å². The molecule has 1 aliphatic rings. The number of carbonyl (C=O) groups is 1. The van der Waals surface area contributed by atoms with Crippen LogP contribution in [0.2, 0.25) is 0 Å². The highest BCUT2D eigenvalue weighted by Gasteiger charge is 2.27.